The molecule has 1 amide bonds. The third-order valence-electron chi connectivity index (χ3n) is 3.81. The highest BCUT2D eigenvalue weighted by atomic mass is 16.5. The van der Waals surface area contributed by atoms with Gasteiger partial charge in [0.15, 0.2) is 5.82 Å². The van der Waals surface area contributed by atoms with Crippen molar-refractivity contribution in [1.82, 2.24) is 10.2 Å². The molecule has 0 atom stereocenters. The molecule has 0 radical (unpaired) electrons. The summed E-state index contributed by atoms with van der Waals surface area (Å²) >= 11 is 0. The Morgan fingerprint density at radius 1 is 1.00 bits per heavy atom. The van der Waals surface area contributed by atoms with Crippen molar-refractivity contribution >= 4 is 17.5 Å². The maximum atomic E-state index is 12.2. The van der Waals surface area contributed by atoms with Gasteiger partial charge in [0.05, 0.1) is 7.11 Å². The molecule has 0 spiro atoms. The number of rotatable bonds is 6. The first-order valence-corrected chi connectivity index (χ1v) is 8.22. The van der Waals surface area contributed by atoms with Crippen LogP contribution in [0.15, 0.2) is 60.7 Å². The minimum absolute atomic E-state index is 0.248. The Morgan fingerprint density at radius 2 is 1.73 bits per heavy atom. The molecule has 6 nitrogen and oxygen atoms in total. The molecule has 0 aliphatic rings. The number of ether oxygens (including phenoxy) is 1. The molecular weight excluding hydrogens is 328 g/mol. The maximum absolute atomic E-state index is 12.2. The van der Waals surface area contributed by atoms with E-state index in [0.717, 1.165) is 0 Å². The lowest BCUT2D eigenvalue weighted by molar-refractivity contribution is 0.102. The average molecular weight is 348 g/mol. The molecular formula is C20H20N4O2. The molecule has 26 heavy (non-hydrogen) atoms. The predicted molar refractivity (Wildman–Crippen MR) is 101 cm³/mol. The lowest BCUT2D eigenvalue weighted by Gasteiger charge is -2.08. The minimum Gasteiger partial charge on any atom is -0.497 e. The Labute approximate surface area is 152 Å². The highest BCUT2D eigenvalue weighted by Crippen LogP contribution is 2.14. The van der Waals surface area contributed by atoms with Gasteiger partial charge in [0.2, 0.25) is 0 Å². The van der Waals surface area contributed by atoms with Gasteiger partial charge in [0.1, 0.15) is 11.6 Å². The summed E-state index contributed by atoms with van der Waals surface area (Å²) in [5.74, 6) is 1.49. The standard InChI is InChI=1S/C20H20N4O2/c1-14-4-3-5-15(12-14)13-21-18-10-11-19(24-23-18)22-20(25)16-6-8-17(26-2)9-7-16/h3-12H,13H2,1-2H3,(H,21,23)(H,22,24,25). The van der Waals surface area contributed by atoms with Gasteiger partial charge < -0.3 is 15.4 Å². The first-order valence-electron chi connectivity index (χ1n) is 8.22. The van der Waals surface area contributed by atoms with Crippen LogP contribution in [0.2, 0.25) is 0 Å². The Bertz CT molecular complexity index is 877. The molecule has 2 aromatic carbocycles. The van der Waals surface area contributed by atoms with E-state index in [4.69, 9.17) is 4.74 Å². The summed E-state index contributed by atoms with van der Waals surface area (Å²) in [7, 11) is 1.58. The second-order valence-electron chi connectivity index (χ2n) is 5.83. The van der Waals surface area contributed by atoms with Gasteiger partial charge in [-0.3, -0.25) is 4.79 Å². The highest BCUT2D eigenvalue weighted by molar-refractivity contribution is 6.03. The van der Waals surface area contributed by atoms with Crippen molar-refractivity contribution in [2.24, 2.45) is 0 Å². The third-order valence-corrected chi connectivity index (χ3v) is 3.81. The summed E-state index contributed by atoms with van der Waals surface area (Å²) in [6.45, 7) is 2.72. The number of carbonyl (C=O) groups is 1. The van der Waals surface area contributed by atoms with E-state index in [2.05, 4.69) is 46.0 Å². The van der Waals surface area contributed by atoms with Crippen LogP contribution < -0.4 is 15.4 Å². The van der Waals surface area contributed by atoms with Gasteiger partial charge in [-0.2, -0.15) is 0 Å². The number of hydrogen-bond donors (Lipinski definition) is 2. The second-order valence-corrected chi connectivity index (χ2v) is 5.83. The largest absolute Gasteiger partial charge is 0.497 e. The summed E-state index contributed by atoms with van der Waals surface area (Å²) in [6.07, 6.45) is 0. The van der Waals surface area contributed by atoms with E-state index in [9.17, 15) is 4.79 Å². The molecule has 0 saturated carbocycles. The number of anilines is 2. The normalized spacial score (nSPS) is 10.2. The summed E-state index contributed by atoms with van der Waals surface area (Å²) in [5, 5.41) is 14.1. The SMILES string of the molecule is COc1ccc(C(=O)Nc2ccc(NCc3cccc(C)c3)nn2)cc1. The van der Waals surface area contributed by atoms with Crippen LogP contribution in [0.4, 0.5) is 11.6 Å². The zero-order valence-corrected chi connectivity index (χ0v) is 14.7. The summed E-state index contributed by atoms with van der Waals surface area (Å²) < 4.78 is 5.08. The zero-order valence-electron chi connectivity index (χ0n) is 14.7. The van der Waals surface area contributed by atoms with Crippen LogP contribution in [-0.4, -0.2) is 23.2 Å². The quantitative estimate of drug-likeness (QED) is 0.711. The summed E-state index contributed by atoms with van der Waals surface area (Å²) in [5.41, 5.74) is 2.91. The lowest BCUT2D eigenvalue weighted by atomic mass is 10.1. The Balaban J connectivity index is 1.57. The molecule has 6 heteroatoms. The van der Waals surface area contributed by atoms with E-state index >= 15 is 0 Å². The number of methoxy groups -OCH3 is 1. The fraction of sp³-hybridized carbons (Fsp3) is 0.150. The average Bonchev–Trinajstić information content (AvgIpc) is 2.67. The molecule has 1 aromatic heterocycles. The lowest BCUT2D eigenvalue weighted by Crippen LogP contribution is -2.13. The number of amides is 1. The van der Waals surface area contributed by atoms with Crippen molar-refractivity contribution in [3.63, 3.8) is 0 Å². The van der Waals surface area contributed by atoms with Crippen LogP contribution in [-0.2, 0) is 6.54 Å². The third kappa shape index (κ3) is 4.57. The molecule has 0 bridgehead atoms. The number of nitrogens with one attached hydrogen (secondary N) is 2. The fourth-order valence-corrected chi connectivity index (χ4v) is 2.44. The van der Waals surface area contributed by atoms with E-state index in [1.54, 1.807) is 43.5 Å². The number of benzene rings is 2. The van der Waals surface area contributed by atoms with Crippen LogP contribution in [0.25, 0.3) is 0 Å². The topological polar surface area (TPSA) is 76.1 Å². The van der Waals surface area contributed by atoms with Crippen molar-refractivity contribution in [2.75, 3.05) is 17.7 Å². The monoisotopic (exact) mass is 348 g/mol. The molecule has 1 heterocycles. The van der Waals surface area contributed by atoms with Crippen LogP contribution >= 0.6 is 0 Å². The van der Waals surface area contributed by atoms with Gasteiger partial charge in [0.25, 0.3) is 5.91 Å². The van der Waals surface area contributed by atoms with Crippen molar-refractivity contribution in [1.29, 1.82) is 0 Å². The highest BCUT2D eigenvalue weighted by Gasteiger charge is 2.07. The molecule has 0 aliphatic heterocycles. The smallest absolute Gasteiger partial charge is 0.256 e. The number of nitrogens with zero attached hydrogens (tertiary/aromatic N) is 2. The number of aromatic nitrogens is 2. The Morgan fingerprint density at radius 3 is 2.38 bits per heavy atom. The fourth-order valence-electron chi connectivity index (χ4n) is 2.44. The van der Waals surface area contributed by atoms with Gasteiger partial charge in [-0.1, -0.05) is 29.8 Å². The summed E-state index contributed by atoms with van der Waals surface area (Å²) in [6, 6.07) is 18.6. The van der Waals surface area contributed by atoms with Gasteiger partial charge in [0, 0.05) is 12.1 Å². The van der Waals surface area contributed by atoms with Gasteiger partial charge in [-0.15, -0.1) is 10.2 Å². The van der Waals surface area contributed by atoms with Crippen LogP contribution in [0.5, 0.6) is 5.75 Å². The van der Waals surface area contributed by atoms with Crippen molar-refractivity contribution < 1.29 is 9.53 Å². The van der Waals surface area contributed by atoms with Gasteiger partial charge in [-0.25, -0.2) is 0 Å². The molecule has 0 aliphatic carbocycles. The van der Waals surface area contributed by atoms with Gasteiger partial charge >= 0.3 is 0 Å². The molecule has 0 saturated heterocycles. The van der Waals surface area contributed by atoms with E-state index in [1.807, 2.05) is 6.07 Å². The maximum Gasteiger partial charge on any atom is 0.256 e. The second kappa shape index (κ2) is 8.11. The molecule has 2 N–H and O–H groups in total. The Kier molecular flexibility index (Phi) is 5.43. The van der Waals surface area contributed by atoms with Crippen molar-refractivity contribution in [2.45, 2.75) is 13.5 Å². The van der Waals surface area contributed by atoms with E-state index in [-0.39, 0.29) is 5.91 Å². The predicted octanol–water partition coefficient (Wildman–Crippen LogP) is 3.66. The number of aryl methyl sites for hydroxylation is 1. The molecule has 0 unspecified atom stereocenters. The van der Waals surface area contributed by atoms with Gasteiger partial charge in [-0.05, 0) is 48.9 Å². The van der Waals surface area contributed by atoms with Crippen LogP contribution in [0.3, 0.4) is 0 Å². The van der Waals surface area contributed by atoms with Crippen LogP contribution in [0, 0.1) is 6.92 Å². The first-order chi connectivity index (χ1) is 12.6. The zero-order chi connectivity index (χ0) is 18.4. The molecule has 3 aromatic rings. The number of hydrogen-bond acceptors (Lipinski definition) is 5. The van der Waals surface area contributed by atoms with E-state index in [1.165, 1.54) is 11.1 Å². The number of carbonyl (C=O) groups excluding carboxylic acids is 1. The van der Waals surface area contributed by atoms with E-state index in [0.29, 0.717) is 29.5 Å². The van der Waals surface area contributed by atoms with E-state index < -0.39 is 0 Å². The minimum atomic E-state index is -0.248. The molecule has 0 fully saturated rings. The van der Waals surface area contributed by atoms with Crippen LogP contribution in [0.1, 0.15) is 21.5 Å². The Hall–Kier alpha value is -3.41. The molecule has 3 rings (SSSR count). The first kappa shape index (κ1) is 17.4. The van der Waals surface area contributed by atoms with Crippen molar-refractivity contribution in [3.05, 3.63) is 77.4 Å². The summed E-state index contributed by atoms with van der Waals surface area (Å²) in [4.78, 5) is 12.2. The molecule has 132 valence electrons. The van der Waals surface area contributed by atoms with Crippen molar-refractivity contribution in [3.8, 4) is 5.75 Å².